The topological polar surface area (TPSA) is 74.6 Å². The van der Waals surface area contributed by atoms with Gasteiger partial charge in [0.15, 0.2) is 0 Å². The first-order valence-corrected chi connectivity index (χ1v) is 6.93. The summed E-state index contributed by atoms with van der Waals surface area (Å²) in [6, 6.07) is 0. The van der Waals surface area contributed by atoms with Crippen LogP contribution in [-0.4, -0.2) is 22.2 Å². The van der Waals surface area contributed by atoms with Gasteiger partial charge in [-0.2, -0.15) is 0 Å². The number of rotatable bonds is 11. The fourth-order valence-corrected chi connectivity index (χ4v) is 2.28. The van der Waals surface area contributed by atoms with Crippen molar-refractivity contribution in [2.24, 2.45) is 5.41 Å². The van der Waals surface area contributed by atoms with Gasteiger partial charge in [-0.05, 0) is 25.7 Å². The number of carboxylic acids is 2. The standard InChI is InChI=1S/C14H26O4/c1-3-5-10-14(4-2,13(17)18)11-8-6-7-9-12(15)16/h3-11H2,1-2H3,(H,15,16)(H,17,18). The maximum Gasteiger partial charge on any atom is 0.309 e. The average molecular weight is 258 g/mol. The third-order valence-corrected chi connectivity index (χ3v) is 3.69. The number of unbranched alkanes of at least 4 members (excludes halogenated alkanes) is 3. The van der Waals surface area contributed by atoms with Gasteiger partial charge in [-0.3, -0.25) is 9.59 Å². The van der Waals surface area contributed by atoms with Gasteiger partial charge in [-0.25, -0.2) is 0 Å². The molecule has 0 aromatic carbocycles. The summed E-state index contributed by atoms with van der Waals surface area (Å²) in [5, 5.41) is 17.9. The lowest BCUT2D eigenvalue weighted by molar-refractivity contribution is -0.150. The first-order chi connectivity index (χ1) is 8.48. The molecule has 2 N–H and O–H groups in total. The van der Waals surface area contributed by atoms with Crippen LogP contribution in [-0.2, 0) is 9.59 Å². The second kappa shape index (κ2) is 8.95. The van der Waals surface area contributed by atoms with Crippen LogP contribution in [0.4, 0.5) is 0 Å². The Kier molecular flexibility index (Phi) is 8.42. The summed E-state index contributed by atoms with van der Waals surface area (Å²) in [5.74, 6) is -1.47. The summed E-state index contributed by atoms with van der Waals surface area (Å²) in [7, 11) is 0. The predicted octanol–water partition coefficient (Wildman–Crippen LogP) is 3.69. The van der Waals surface area contributed by atoms with Gasteiger partial charge in [0.1, 0.15) is 0 Å². The van der Waals surface area contributed by atoms with Crippen molar-refractivity contribution in [2.75, 3.05) is 0 Å². The van der Waals surface area contributed by atoms with Gasteiger partial charge in [-0.15, -0.1) is 0 Å². The molecule has 0 amide bonds. The van der Waals surface area contributed by atoms with Gasteiger partial charge in [0.05, 0.1) is 5.41 Å². The molecule has 1 atom stereocenters. The highest BCUT2D eigenvalue weighted by atomic mass is 16.4. The van der Waals surface area contributed by atoms with Crippen LogP contribution in [0, 0.1) is 5.41 Å². The molecule has 0 saturated heterocycles. The van der Waals surface area contributed by atoms with Crippen LogP contribution in [0.5, 0.6) is 0 Å². The van der Waals surface area contributed by atoms with E-state index >= 15 is 0 Å². The SMILES string of the molecule is CCCCC(CC)(CCCCCC(=O)O)C(=O)O. The molecule has 0 heterocycles. The van der Waals surface area contributed by atoms with Crippen molar-refractivity contribution < 1.29 is 19.8 Å². The Morgan fingerprint density at radius 1 is 0.944 bits per heavy atom. The number of hydrogen-bond acceptors (Lipinski definition) is 2. The fourth-order valence-electron chi connectivity index (χ4n) is 2.28. The van der Waals surface area contributed by atoms with E-state index in [2.05, 4.69) is 6.92 Å². The summed E-state index contributed by atoms with van der Waals surface area (Å²) >= 11 is 0. The number of hydrogen-bond donors (Lipinski definition) is 2. The van der Waals surface area contributed by atoms with E-state index in [1.165, 1.54) is 0 Å². The van der Waals surface area contributed by atoms with Crippen molar-refractivity contribution in [3.05, 3.63) is 0 Å². The first-order valence-electron chi connectivity index (χ1n) is 6.93. The Bertz CT molecular complexity index is 263. The highest BCUT2D eigenvalue weighted by Crippen LogP contribution is 2.35. The van der Waals surface area contributed by atoms with E-state index < -0.39 is 17.4 Å². The van der Waals surface area contributed by atoms with Crippen LogP contribution >= 0.6 is 0 Å². The highest BCUT2D eigenvalue weighted by Gasteiger charge is 2.35. The van der Waals surface area contributed by atoms with E-state index in [9.17, 15) is 14.7 Å². The van der Waals surface area contributed by atoms with Crippen LogP contribution in [0.15, 0.2) is 0 Å². The van der Waals surface area contributed by atoms with Crippen molar-refractivity contribution in [3.63, 3.8) is 0 Å². The Labute approximate surface area is 109 Å². The van der Waals surface area contributed by atoms with Gasteiger partial charge in [0.25, 0.3) is 0 Å². The molecule has 106 valence electrons. The molecule has 0 spiro atoms. The second-order valence-electron chi connectivity index (χ2n) is 5.00. The van der Waals surface area contributed by atoms with Crippen LogP contribution in [0.2, 0.25) is 0 Å². The fraction of sp³-hybridized carbons (Fsp3) is 0.857. The molecular formula is C14H26O4. The van der Waals surface area contributed by atoms with E-state index in [0.29, 0.717) is 19.3 Å². The summed E-state index contributed by atoms with van der Waals surface area (Å²) < 4.78 is 0. The lowest BCUT2D eigenvalue weighted by atomic mass is 9.76. The normalized spacial score (nSPS) is 14.1. The van der Waals surface area contributed by atoms with Gasteiger partial charge in [0.2, 0.25) is 0 Å². The molecular weight excluding hydrogens is 232 g/mol. The molecule has 0 rings (SSSR count). The summed E-state index contributed by atoms with van der Waals surface area (Å²) in [6.45, 7) is 4.00. The number of aliphatic carboxylic acids is 2. The molecule has 4 nitrogen and oxygen atoms in total. The van der Waals surface area contributed by atoms with Crippen LogP contribution in [0.3, 0.4) is 0 Å². The zero-order valence-electron chi connectivity index (χ0n) is 11.6. The van der Waals surface area contributed by atoms with E-state index in [0.717, 1.165) is 32.1 Å². The number of carboxylic acid groups (broad SMARTS) is 2. The number of carbonyl (C=O) groups is 2. The first kappa shape index (κ1) is 16.9. The largest absolute Gasteiger partial charge is 0.481 e. The third-order valence-electron chi connectivity index (χ3n) is 3.69. The molecule has 1 unspecified atom stereocenters. The molecule has 0 aliphatic rings. The average Bonchev–Trinajstić information content (AvgIpc) is 2.32. The molecule has 0 aromatic heterocycles. The minimum atomic E-state index is -0.777. The Morgan fingerprint density at radius 2 is 1.56 bits per heavy atom. The second-order valence-corrected chi connectivity index (χ2v) is 5.00. The molecule has 0 bridgehead atoms. The maximum absolute atomic E-state index is 11.4. The van der Waals surface area contributed by atoms with Gasteiger partial charge < -0.3 is 10.2 Å². The quantitative estimate of drug-likeness (QED) is 0.554. The van der Waals surface area contributed by atoms with E-state index in [1.54, 1.807) is 0 Å². The molecule has 0 aromatic rings. The smallest absolute Gasteiger partial charge is 0.309 e. The van der Waals surface area contributed by atoms with E-state index in [1.807, 2.05) is 6.92 Å². The monoisotopic (exact) mass is 258 g/mol. The van der Waals surface area contributed by atoms with Crippen molar-refractivity contribution in [2.45, 2.75) is 71.6 Å². The third kappa shape index (κ3) is 6.03. The van der Waals surface area contributed by atoms with Crippen molar-refractivity contribution >= 4 is 11.9 Å². The lowest BCUT2D eigenvalue weighted by Crippen LogP contribution is -2.30. The maximum atomic E-state index is 11.4. The minimum absolute atomic E-state index is 0.182. The van der Waals surface area contributed by atoms with E-state index in [4.69, 9.17) is 5.11 Å². The molecule has 0 aliphatic carbocycles. The van der Waals surface area contributed by atoms with Gasteiger partial charge >= 0.3 is 11.9 Å². The molecule has 0 saturated carbocycles. The Hall–Kier alpha value is -1.06. The molecule has 0 fully saturated rings. The van der Waals surface area contributed by atoms with Gasteiger partial charge in [0, 0.05) is 6.42 Å². The van der Waals surface area contributed by atoms with Crippen LogP contribution in [0.1, 0.15) is 71.6 Å². The molecule has 0 radical (unpaired) electrons. The molecule has 0 aliphatic heterocycles. The molecule has 18 heavy (non-hydrogen) atoms. The van der Waals surface area contributed by atoms with E-state index in [-0.39, 0.29) is 6.42 Å². The zero-order valence-corrected chi connectivity index (χ0v) is 11.6. The zero-order chi connectivity index (χ0) is 14.0. The minimum Gasteiger partial charge on any atom is -0.481 e. The predicted molar refractivity (Wildman–Crippen MR) is 70.6 cm³/mol. The Morgan fingerprint density at radius 3 is 2.00 bits per heavy atom. The lowest BCUT2D eigenvalue weighted by Gasteiger charge is -2.28. The van der Waals surface area contributed by atoms with Gasteiger partial charge in [-0.1, -0.05) is 39.5 Å². The highest BCUT2D eigenvalue weighted by molar-refractivity contribution is 5.74. The van der Waals surface area contributed by atoms with Crippen molar-refractivity contribution in [1.29, 1.82) is 0 Å². The summed E-state index contributed by atoms with van der Waals surface area (Å²) in [6.07, 6.45) is 6.42. The van der Waals surface area contributed by atoms with Crippen molar-refractivity contribution in [3.8, 4) is 0 Å². The Balaban J connectivity index is 4.15. The van der Waals surface area contributed by atoms with Crippen molar-refractivity contribution in [1.82, 2.24) is 0 Å². The van der Waals surface area contributed by atoms with Crippen LogP contribution < -0.4 is 0 Å². The summed E-state index contributed by atoms with van der Waals surface area (Å²) in [5.41, 5.74) is -0.598. The summed E-state index contributed by atoms with van der Waals surface area (Å²) in [4.78, 5) is 21.8. The molecule has 4 heteroatoms. The van der Waals surface area contributed by atoms with Crippen LogP contribution in [0.25, 0.3) is 0 Å².